The molecule has 0 aliphatic carbocycles. The van der Waals surface area contributed by atoms with E-state index in [2.05, 4.69) is 11.9 Å². The molecular weight excluding hydrogens is 188 g/mol. The molecule has 0 saturated carbocycles. The number of rotatable bonds is 4. The average Bonchev–Trinajstić information content (AvgIpc) is 2.15. The first kappa shape index (κ1) is 12.5. The lowest BCUT2D eigenvalue weighted by Crippen LogP contribution is -2.20. The molecule has 0 aromatic heterocycles. The molecule has 0 aromatic rings. The lowest BCUT2D eigenvalue weighted by molar-refractivity contribution is -0.0388. The predicted molar refractivity (Wildman–Crippen MR) is 56.7 cm³/mol. The van der Waals surface area contributed by atoms with E-state index in [1.807, 2.05) is 13.0 Å². The third kappa shape index (κ3) is 4.90. The number of hydroxylamine groups is 2. The first-order valence-electron chi connectivity index (χ1n) is 4.36. The molecule has 0 amide bonds. The second kappa shape index (κ2) is 6.92. The van der Waals surface area contributed by atoms with Crippen LogP contribution in [0.1, 0.15) is 26.7 Å². The zero-order valence-electron chi connectivity index (χ0n) is 8.67. The summed E-state index contributed by atoms with van der Waals surface area (Å²) in [5.41, 5.74) is 0.983. The molecule has 3 nitrogen and oxygen atoms in total. The van der Waals surface area contributed by atoms with Crippen molar-refractivity contribution in [3.63, 3.8) is 0 Å². The summed E-state index contributed by atoms with van der Waals surface area (Å²) < 4.78 is 0. The monoisotopic (exact) mass is 204 g/mol. The van der Waals surface area contributed by atoms with Crippen LogP contribution in [0.25, 0.3) is 0 Å². The van der Waals surface area contributed by atoms with E-state index in [9.17, 15) is 0 Å². The maximum Gasteiger partial charge on any atom is 0.222 e. The van der Waals surface area contributed by atoms with Gasteiger partial charge < -0.3 is 0 Å². The number of hydrogen-bond donors (Lipinski definition) is 0. The van der Waals surface area contributed by atoms with Crippen molar-refractivity contribution >= 4 is 16.9 Å². The van der Waals surface area contributed by atoms with Gasteiger partial charge in [0, 0.05) is 12.7 Å². The van der Waals surface area contributed by atoms with Gasteiger partial charge in [0.1, 0.15) is 0 Å². The minimum absolute atomic E-state index is 0.351. The molecule has 76 valence electrons. The Morgan fingerprint density at radius 1 is 1.54 bits per heavy atom. The molecule has 0 N–H and O–H groups in total. The Bertz CT molecular complexity index is 202. The van der Waals surface area contributed by atoms with Gasteiger partial charge in [-0.05, 0) is 24.4 Å². The van der Waals surface area contributed by atoms with Crippen molar-refractivity contribution in [1.29, 1.82) is 0 Å². The standard InChI is InChI=1S/C9H17ClN2O/c1-5-7-8(6-2)11-9(10)12(3)13-4/h7H,5-6H2,1-4H3/b8-7+,11-9?. The van der Waals surface area contributed by atoms with Gasteiger partial charge in [0.2, 0.25) is 5.29 Å². The Kier molecular flexibility index (Phi) is 6.63. The van der Waals surface area contributed by atoms with Gasteiger partial charge >= 0.3 is 0 Å². The molecule has 0 bridgehead atoms. The Morgan fingerprint density at radius 3 is 2.54 bits per heavy atom. The van der Waals surface area contributed by atoms with E-state index in [1.54, 1.807) is 14.2 Å². The Labute approximate surface area is 85.0 Å². The molecule has 0 aliphatic rings. The first-order valence-corrected chi connectivity index (χ1v) is 4.74. The van der Waals surface area contributed by atoms with Crippen LogP contribution >= 0.6 is 11.6 Å². The molecule has 0 saturated heterocycles. The highest BCUT2D eigenvalue weighted by molar-refractivity contribution is 6.64. The molecule has 4 heteroatoms. The van der Waals surface area contributed by atoms with Crippen molar-refractivity contribution in [2.24, 2.45) is 4.99 Å². The van der Waals surface area contributed by atoms with E-state index in [1.165, 1.54) is 5.06 Å². The second-order valence-corrected chi connectivity index (χ2v) is 2.86. The summed E-state index contributed by atoms with van der Waals surface area (Å²) in [6.45, 7) is 4.11. The average molecular weight is 205 g/mol. The van der Waals surface area contributed by atoms with Crippen molar-refractivity contribution in [3.05, 3.63) is 11.8 Å². The summed E-state index contributed by atoms with van der Waals surface area (Å²) in [5.74, 6) is 0. The normalized spacial score (nSPS) is 13.3. The molecule has 0 radical (unpaired) electrons. The fraction of sp³-hybridized carbons (Fsp3) is 0.667. The number of amidine groups is 1. The minimum atomic E-state index is 0.351. The fourth-order valence-electron chi connectivity index (χ4n) is 0.769. The van der Waals surface area contributed by atoms with E-state index < -0.39 is 0 Å². The Morgan fingerprint density at radius 2 is 2.15 bits per heavy atom. The fourth-order valence-corrected chi connectivity index (χ4v) is 0.946. The highest BCUT2D eigenvalue weighted by Crippen LogP contribution is 2.07. The number of hydrogen-bond acceptors (Lipinski definition) is 2. The van der Waals surface area contributed by atoms with Crippen LogP contribution in [0.3, 0.4) is 0 Å². The third-order valence-corrected chi connectivity index (χ3v) is 1.89. The minimum Gasteiger partial charge on any atom is -0.275 e. The maximum absolute atomic E-state index is 5.85. The molecule has 0 atom stereocenters. The van der Waals surface area contributed by atoms with Crippen LogP contribution in [-0.4, -0.2) is 24.5 Å². The van der Waals surface area contributed by atoms with E-state index in [4.69, 9.17) is 16.4 Å². The molecule has 0 aromatic carbocycles. The predicted octanol–water partition coefficient (Wildman–Crippen LogP) is 2.78. The third-order valence-electron chi connectivity index (χ3n) is 1.57. The van der Waals surface area contributed by atoms with Crippen LogP contribution < -0.4 is 0 Å². The van der Waals surface area contributed by atoms with Gasteiger partial charge in [-0.15, -0.1) is 0 Å². The van der Waals surface area contributed by atoms with E-state index in [-0.39, 0.29) is 0 Å². The van der Waals surface area contributed by atoms with Crippen molar-refractivity contribution in [2.75, 3.05) is 14.2 Å². The largest absolute Gasteiger partial charge is 0.275 e. The number of halogens is 1. The van der Waals surface area contributed by atoms with E-state index in [0.29, 0.717) is 5.29 Å². The van der Waals surface area contributed by atoms with E-state index >= 15 is 0 Å². The topological polar surface area (TPSA) is 24.8 Å². The molecule has 0 fully saturated rings. The quantitative estimate of drug-likeness (QED) is 0.305. The van der Waals surface area contributed by atoms with Gasteiger partial charge in [-0.3, -0.25) is 4.84 Å². The van der Waals surface area contributed by atoms with Crippen LogP contribution in [0.2, 0.25) is 0 Å². The lowest BCUT2D eigenvalue weighted by Gasteiger charge is -2.12. The second-order valence-electron chi connectivity index (χ2n) is 2.52. The highest BCUT2D eigenvalue weighted by atomic mass is 35.5. The molecule has 0 heterocycles. The summed E-state index contributed by atoms with van der Waals surface area (Å²) in [5, 5.41) is 1.77. The number of allylic oxidation sites excluding steroid dienone is 2. The summed E-state index contributed by atoms with van der Waals surface area (Å²) >= 11 is 5.85. The lowest BCUT2D eigenvalue weighted by atomic mass is 10.3. The maximum atomic E-state index is 5.85. The van der Waals surface area contributed by atoms with Crippen LogP contribution in [0, 0.1) is 0 Å². The van der Waals surface area contributed by atoms with Crippen molar-refractivity contribution in [3.8, 4) is 0 Å². The zero-order chi connectivity index (χ0) is 10.3. The molecule has 13 heavy (non-hydrogen) atoms. The van der Waals surface area contributed by atoms with Gasteiger partial charge in [-0.25, -0.2) is 10.1 Å². The highest BCUT2D eigenvalue weighted by Gasteiger charge is 2.01. The Hall–Kier alpha value is -0.540. The van der Waals surface area contributed by atoms with Crippen molar-refractivity contribution in [2.45, 2.75) is 26.7 Å². The molecule has 0 aliphatic heterocycles. The van der Waals surface area contributed by atoms with Crippen LogP contribution in [0.5, 0.6) is 0 Å². The molecular formula is C9H17ClN2O. The van der Waals surface area contributed by atoms with Crippen LogP contribution in [0.4, 0.5) is 0 Å². The SMILES string of the molecule is CC/C=C(\CC)N=C(Cl)N(C)OC. The van der Waals surface area contributed by atoms with Crippen molar-refractivity contribution in [1.82, 2.24) is 5.06 Å². The van der Waals surface area contributed by atoms with Gasteiger partial charge in [0.25, 0.3) is 0 Å². The number of nitrogens with zero attached hydrogens (tertiary/aromatic N) is 2. The summed E-state index contributed by atoms with van der Waals surface area (Å²) in [6.07, 6.45) is 3.89. The number of aliphatic imine (C=N–C) groups is 1. The molecule has 0 spiro atoms. The van der Waals surface area contributed by atoms with Crippen molar-refractivity contribution < 1.29 is 4.84 Å². The van der Waals surface area contributed by atoms with Gasteiger partial charge in [-0.1, -0.05) is 19.9 Å². The van der Waals surface area contributed by atoms with E-state index in [0.717, 1.165) is 18.5 Å². The summed E-state index contributed by atoms with van der Waals surface area (Å²) in [4.78, 5) is 9.08. The summed E-state index contributed by atoms with van der Waals surface area (Å²) in [7, 11) is 3.26. The first-order chi connectivity index (χ1) is 6.15. The van der Waals surface area contributed by atoms with Crippen LogP contribution in [-0.2, 0) is 4.84 Å². The molecule has 0 rings (SSSR count). The van der Waals surface area contributed by atoms with Gasteiger partial charge in [-0.2, -0.15) is 0 Å². The smallest absolute Gasteiger partial charge is 0.222 e. The van der Waals surface area contributed by atoms with Crippen LogP contribution in [0.15, 0.2) is 16.8 Å². The molecule has 0 unspecified atom stereocenters. The van der Waals surface area contributed by atoms with Gasteiger partial charge in [0.05, 0.1) is 7.11 Å². The van der Waals surface area contributed by atoms with Gasteiger partial charge in [0.15, 0.2) is 0 Å². The zero-order valence-corrected chi connectivity index (χ0v) is 9.43. The Balaban J connectivity index is 4.41. The summed E-state index contributed by atoms with van der Waals surface area (Å²) in [6, 6.07) is 0.